The molecule has 4 rings (SSSR count). The first-order valence-corrected chi connectivity index (χ1v) is 12.3. The molecule has 0 spiro atoms. The fraction of sp³-hybridized carbons (Fsp3) is 0.333. The number of benzene rings is 2. The summed E-state index contributed by atoms with van der Waals surface area (Å²) in [6, 6.07) is 12.4. The van der Waals surface area contributed by atoms with Crippen LogP contribution in [0.2, 0.25) is 0 Å². The van der Waals surface area contributed by atoms with Crippen LogP contribution in [0.15, 0.2) is 53.7 Å². The van der Waals surface area contributed by atoms with E-state index in [0.29, 0.717) is 18.0 Å². The van der Waals surface area contributed by atoms with Gasteiger partial charge in [-0.05, 0) is 47.7 Å². The van der Waals surface area contributed by atoms with Crippen molar-refractivity contribution in [2.45, 2.75) is 23.2 Å². The molecule has 30 heavy (non-hydrogen) atoms. The van der Waals surface area contributed by atoms with E-state index in [2.05, 4.69) is 10.2 Å². The molecule has 1 aliphatic heterocycles. The third-order valence-electron chi connectivity index (χ3n) is 5.29. The molecule has 1 fully saturated rings. The Bertz CT molecular complexity index is 1080. The van der Waals surface area contributed by atoms with Gasteiger partial charge in [-0.1, -0.05) is 36.0 Å². The van der Waals surface area contributed by atoms with Crippen LogP contribution in [-0.4, -0.2) is 34.7 Å². The smallest absolute Gasteiger partial charge is 0.191 e. The Hall–Kier alpha value is -2.26. The second-order valence-electron chi connectivity index (χ2n) is 7.53. The third-order valence-corrected chi connectivity index (χ3v) is 8.48. The highest BCUT2D eigenvalue weighted by atomic mass is 32.2. The number of hydrogen-bond donors (Lipinski definition) is 0. The summed E-state index contributed by atoms with van der Waals surface area (Å²) in [5.41, 5.74) is 1.72. The summed E-state index contributed by atoms with van der Waals surface area (Å²) in [7, 11) is -1.09. The van der Waals surface area contributed by atoms with Crippen LogP contribution in [0.4, 0.5) is 8.78 Å². The molecular weight excluding hydrogens is 428 g/mol. The van der Waals surface area contributed by atoms with E-state index < -0.39 is 9.84 Å². The summed E-state index contributed by atoms with van der Waals surface area (Å²) in [5, 5.41) is 9.00. The first kappa shape index (κ1) is 21.0. The van der Waals surface area contributed by atoms with Crippen molar-refractivity contribution < 1.29 is 17.2 Å². The van der Waals surface area contributed by atoms with Crippen molar-refractivity contribution in [3.63, 3.8) is 0 Å². The Kier molecular flexibility index (Phi) is 5.92. The number of hydrogen-bond acceptors (Lipinski definition) is 5. The number of nitrogens with zero attached hydrogens (tertiary/aromatic N) is 3. The predicted molar refractivity (Wildman–Crippen MR) is 112 cm³/mol. The molecule has 158 valence electrons. The minimum absolute atomic E-state index is 0.0562. The minimum atomic E-state index is -2.94. The van der Waals surface area contributed by atoms with Gasteiger partial charge in [0.15, 0.2) is 15.0 Å². The van der Waals surface area contributed by atoms with Gasteiger partial charge in [0.05, 0.1) is 16.8 Å². The standard InChI is InChI=1S/C21H21F2N3O2S2/c1-26-19(12-14-10-11-30(27,28)13-14)24-25-21(26)29-20(15-2-6-17(22)7-3-15)16-4-8-18(23)9-5-16/h2-9,14,20H,10-13H2,1H3. The van der Waals surface area contributed by atoms with Gasteiger partial charge in [0.1, 0.15) is 17.5 Å². The third kappa shape index (κ3) is 4.73. The van der Waals surface area contributed by atoms with Gasteiger partial charge in [-0.25, -0.2) is 17.2 Å². The molecule has 0 bridgehead atoms. The zero-order valence-electron chi connectivity index (χ0n) is 16.3. The Balaban J connectivity index is 1.59. The van der Waals surface area contributed by atoms with Gasteiger partial charge in [0, 0.05) is 13.5 Å². The Morgan fingerprint density at radius 3 is 2.10 bits per heavy atom. The highest BCUT2D eigenvalue weighted by molar-refractivity contribution is 7.99. The van der Waals surface area contributed by atoms with Crippen LogP contribution < -0.4 is 0 Å². The molecule has 1 aliphatic rings. The van der Waals surface area contributed by atoms with Gasteiger partial charge in [-0.3, -0.25) is 0 Å². The lowest BCUT2D eigenvalue weighted by Gasteiger charge is -2.17. The molecule has 2 aromatic carbocycles. The average molecular weight is 450 g/mol. The molecule has 0 aliphatic carbocycles. The largest absolute Gasteiger partial charge is 0.309 e. The Morgan fingerprint density at radius 2 is 1.60 bits per heavy atom. The number of aromatic nitrogens is 3. The van der Waals surface area contributed by atoms with Gasteiger partial charge in [-0.15, -0.1) is 10.2 Å². The minimum Gasteiger partial charge on any atom is -0.309 e. The summed E-state index contributed by atoms with van der Waals surface area (Å²) >= 11 is 1.44. The maximum absolute atomic E-state index is 13.4. The van der Waals surface area contributed by atoms with Gasteiger partial charge in [0.2, 0.25) is 0 Å². The molecule has 0 saturated carbocycles. The lowest BCUT2D eigenvalue weighted by atomic mass is 10.0. The molecule has 1 aromatic heterocycles. The van der Waals surface area contributed by atoms with E-state index in [0.717, 1.165) is 17.0 Å². The first-order valence-electron chi connectivity index (χ1n) is 9.57. The van der Waals surface area contributed by atoms with E-state index in [1.807, 2.05) is 11.6 Å². The SMILES string of the molecule is Cn1c(CC2CCS(=O)(=O)C2)nnc1SC(c1ccc(F)cc1)c1ccc(F)cc1. The van der Waals surface area contributed by atoms with Gasteiger partial charge in [-0.2, -0.15) is 0 Å². The lowest BCUT2D eigenvalue weighted by Crippen LogP contribution is -2.11. The number of thioether (sulfide) groups is 1. The van der Waals surface area contributed by atoms with Crippen molar-refractivity contribution in [1.29, 1.82) is 0 Å². The molecule has 1 atom stereocenters. The average Bonchev–Trinajstić information content (AvgIpc) is 3.23. The van der Waals surface area contributed by atoms with Gasteiger partial charge in [0.25, 0.3) is 0 Å². The lowest BCUT2D eigenvalue weighted by molar-refractivity contribution is 0.552. The van der Waals surface area contributed by atoms with Crippen molar-refractivity contribution in [2.75, 3.05) is 11.5 Å². The second-order valence-corrected chi connectivity index (χ2v) is 10.8. The number of rotatable bonds is 6. The van der Waals surface area contributed by atoms with E-state index in [1.54, 1.807) is 24.3 Å². The van der Waals surface area contributed by atoms with Crippen molar-refractivity contribution >= 4 is 21.6 Å². The van der Waals surface area contributed by atoms with Crippen LogP contribution in [0, 0.1) is 17.6 Å². The Labute approximate surface area is 178 Å². The van der Waals surface area contributed by atoms with E-state index in [-0.39, 0.29) is 34.3 Å². The maximum atomic E-state index is 13.4. The quantitative estimate of drug-likeness (QED) is 0.533. The molecule has 0 amide bonds. The molecule has 3 aromatic rings. The van der Waals surface area contributed by atoms with E-state index in [9.17, 15) is 17.2 Å². The maximum Gasteiger partial charge on any atom is 0.191 e. The van der Waals surface area contributed by atoms with Crippen LogP contribution in [-0.2, 0) is 23.3 Å². The zero-order chi connectivity index (χ0) is 21.3. The van der Waals surface area contributed by atoms with Crippen LogP contribution in [0.3, 0.4) is 0 Å². The second kappa shape index (κ2) is 8.47. The van der Waals surface area contributed by atoms with Gasteiger partial charge < -0.3 is 4.57 Å². The summed E-state index contributed by atoms with van der Waals surface area (Å²) in [6.07, 6.45) is 1.20. The number of halogens is 2. The number of sulfone groups is 1. The van der Waals surface area contributed by atoms with Crippen LogP contribution in [0.1, 0.15) is 28.6 Å². The predicted octanol–water partition coefficient (Wildman–Crippen LogP) is 3.95. The summed E-state index contributed by atoms with van der Waals surface area (Å²) in [5.74, 6) is 0.560. The van der Waals surface area contributed by atoms with Crippen molar-refractivity contribution in [3.05, 3.63) is 77.1 Å². The highest BCUT2D eigenvalue weighted by Crippen LogP contribution is 2.40. The molecule has 5 nitrogen and oxygen atoms in total. The molecular formula is C21H21F2N3O2S2. The zero-order valence-corrected chi connectivity index (χ0v) is 18.0. The van der Waals surface area contributed by atoms with Crippen molar-refractivity contribution in [2.24, 2.45) is 13.0 Å². The molecule has 1 unspecified atom stereocenters. The molecule has 1 saturated heterocycles. The summed E-state index contributed by atoms with van der Waals surface area (Å²) in [6.45, 7) is 0. The molecule has 9 heteroatoms. The summed E-state index contributed by atoms with van der Waals surface area (Å²) in [4.78, 5) is 0. The normalized spacial score (nSPS) is 18.2. The van der Waals surface area contributed by atoms with E-state index >= 15 is 0 Å². The van der Waals surface area contributed by atoms with E-state index in [4.69, 9.17) is 0 Å². The first-order chi connectivity index (χ1) is 14.3. The molecule has 0 N–H and O–H groups in total. The summed E-state index contributed by atoms with van der Waals surface area (Å²) < 4.78 is 52.2. The highest BCUT2D eigenvalue weighted by Gasteiger charge is 2.29. The fourth-order valence-corrected chi connectivity index (χ4v) is 6.64. The van der Waals surface area contributed by atoms with Crippen LogP contribution in [0.5, 0.6) is 0 Å². The molecule has 2 heterocycles. The Morgan fingerprint density at radius 1 is 1.03 bits per heavy atom. The topological polar surface area (TPSA) is 64.8 Å². The molecule has 0 radical (unpaired) electrons. The van der Waals surface area contributed by atoms with Crippen molar-refractivity contribution in [1.82, 2.24) is 14.8 Å². The fourth-order valence-electron chi connectivity index (χ4n) is 3.63. The van der Waals surface area contributed by atoms with Gasteiger partial charge >= 0.3 is 0 Å². The van der Waals surface area contributed by atoms with Crippen molar-refractivity contribution in [3.8, 4) is 0 Å². The van der Waals surface area contributed by atoms with Crippen LogP contribution in [0.25, 0.3) is 0 Å². The van der Waals surface area contributed by atoms with Crippen LogP contribution >= 0.6 is 11.8 Å². The monoisotopic (exact) mass is 449 g/mol. The van der Waals surface area contributed by atoms with E-state index in [1.165, 1.54) is 36.0 Å².